The highest BCUT2D eigenvalue weighted by molar-refractivity contribution is 5.74. The first-order valence-electron chi connectivity index (χ1n) is 7.33. The molecule has 0 spiro atoms. The van der Waals surface area contributed by atoms with Crippen molar-refractivity contribution in [2.24, 2.45) is 0 Å². The van der Waals surface area contributed by atoms with Gasteiger partial charge in [0.1, 0.15) is 0 Å². The van der Waals surface area contributed by atoms with Gasteiger partial charge in [0.25, 0.3) is 0 Å². The maximum atomic E-state index is 12.0. The summed E-state index contributed by atoms with van der Waals surface area (Å²) in [4.78, 5) is 16.1. The van der Waals surface area contributed by atoms with Gasteiger partial charge in [-0.15, -0.1) is 0 Å². The predicted molar refractivity (Wildman–Crippen MR) is 75.1 cm³/mol. The summed E-state index contributed by atoms with van der Waals surface area (Å²) in [7, 11) is 1.73. The first-order valence-corrected chi connectivity index (χ1v) is 7.33. The van der Waals surface area contributed by atoms with Crippen LogP contribution < -0.4 is 5.32 Å². The quantitative estimate of drug-likeness (QED) is 0.801. The van der Waals surface area contributed by atoms with Crippen LogP contribution in [0.4, 0.5) is 4.79 Å². The van der Waals surface area contributed by atoms with E-state index in [2.05, 4.69) is 10.2 Å². The second-order valence-electron chi connectivity index (χ2n) is 6.66. The molecular formula is C14H27N3O2. The minimum absolute atomic E-state index is 0.0769. The van der Waals surface area contributed by atoms with E-state index in [1.807, 2.05) is 0 Å². The number of rotatable bonds is 4. The molecule has 2 aliphatic rings. The Morgan fingerprint density at radius 1 is 1.32 bits per heavy atom. The summed E-state index contributed by atoms with van der Waals surface area (Å²) in [6.07, 6.45) is 4.79. The molecule has 2 amide bonds. The number of carbonyl (C=O) groups excluding carboxylic acids is 1. The SMILES string of the molecule is CN(CC(C)(C)O)C(=O)NC1CCN(C2CC2)CC1. The number of hydrogen-bond donors (Lipinski definition) is 2. The fourth-order valence-corrected chi connectivity index (χ4v) is 2.79. The van der Waals surface area contributed by atoms with Gasteiger partial charge in [0.05, 0.1) is 12.1 Å². The van der Waals surface area contributed by atoms with Crippen LogP contribution in [-0.2, 0) is 0 Å². The van der Waals surface area contributed by atoms with Crippen molar-refractivity contribution in [2.45, 2.75) is 57.2 Å². The van der Waals surface area contributed by atoms with Crippen molar-refractivity contribution in [3.8, 4) is 0 Å². The Morgan fingerprint density at radius 2 is 1.89 bits per heavy atom. The second-order valence-corrected chi connectivity index (χ2v) is 6.66. The monoisotopic (exact) mass is 269 g/mol. The van der Waals surface area contributed by atoms with Crippen LogP contribution in [-0.4, -0.2) is 65.3 Å². The molecule has 1 saturated heterocycles. The molecule has 1 aliphatic carbocycles. The van der Waals surface area contributed by atoms with Crippen LogP contribution in [0.25, 0.3) is 0 Å². The third-order valence-electron chi connectivity index (χ3n) is 3.89. The summed E-state index contributed by atoms with van der Waals surface area (Å²) < 4.78 is 0. The van der Waals surface area contributed by atoms with Gasteiger partial charge in [0.2, 0.25) is 0 Å². The number of nitrogens with one attached hydrogen (secondary N) is 1. The van der Waals surface area contributed by atoms with Crippen molar-refractivity contribution in [3.63, 3.8) is 0 Å². The van der Waals surface area contributed by atoms with Gasteiger partial charge in [0, 0.05) is 32.2 Å². The Labute approximate surface area is 115 Å². The number of amides is 2. The highest BCUT2D eigenvalue weighted by atomic mass is 16.3. The Hall–Kier alpha value is -0.810. The van der Waals surface area contributed by atoms with Crippen molar-refractivity contribution < 1.29 is 9.90 Å². The molecule has 0 bridgehead atoms. The summed E-state index contributed by atoms with van der Waals surface area (Å²) in [6, 6.07) is 1.04. The van der Waals surface area contributed by atoms with E-state index in [0.717, 1.165) is 32.0 Å². The molecular weight excluding hydrogens is 242 g/mol. The van der Waals surface area contributed by atoms with E-state index in [1.54, 1.807) is 25.8 Å². The minimum atomic E-state index is -0.846. The largest absolute Gasteiger partial charge is 0.389 e. The number of nitrogens with zero attached hydrogens (tertiary/aromatic N) is 2. The average Bonchev–Trinajstić information content (AvgIpc) is 3.11. The third kappa shape index (κ3) is 4.66. The molecule has 0 unspecified atom stereocenters. The Balaban J connectivity index is 1.70. The summed E-state index contributed by atoms with van der Waals surface area (Å²) in [5.74, 6) is 0. The number of hydrogen-bond acceptors (Lipinski definition) is 3. The number of carbonyl (C=O) groups is 1. The number of aliphatic hydroxyl groups is 1. The van der Waals surface area contributed by atoms with Crippen LogP contribution in [0.2, 0.25) is 0 Å². The minimum Gasteiger partial charge on any atom is -0.389 e. The molecule has 0 aromatic rings. The standard InChI is InChI=1S/C14H27N3O2/c1-14(2,19)10-16(3)13(18)15-11-6-8-17(9-7-11)12-4-5-12/h11-12,19H,4-10H2,1-3H3,(H,15,18). The molecule has 1 aliphatic heterocycles. The van der Waals surface area contributed by atoms with Crippen LogP contribution in [0.3, 0.4) is 0 Å². The molecule has 19 heavy (non-hydrogen) atoms. The van der Waals surface area contributed by atoms with E-state index in [9.17, 15) is 9.90 Å². The first kappa shape index (κ1) is 14.6. The normalized spacial score (nSPS) is 22.3. The van der Waals surface area contributed by atoms with Crippen molar-refractivity contribution in [1.29, 1.82) is 0 Å². The number of likely N-dealkylation sites (N-methyl/N-ethyl adjacent to an activating group) is 1. The molecule has 0 aromatic carbocycles. The van der Waals surface area contributed by atoms with E-state index < -0.39 is 5.60 Å². The van der Waals surface area contributed by atoms with Gasteiger partial charge >= 0.3 is 6.03 Å². The maximum Gasteiger partial charge on any atom is 0.317 e. The summed E-state index contributed by atoms with van der Waals surface area (Å²) >= 11 is 0. The van der Waals surface area contributed by atoms with E-state index in [4.69, 9.17) is 0 Å². The van der Waals surface area contributed by atoms with Gasteiger partial charge in [-0.05, 0) is 39.5 Å². The average molecular weight is 269 g/mol. The summed E-state index contributed by atoms with van der Waals surface area (Å²) in [6.45, 7) is 5.98. The van der Waals surface area contributed by atoms with Gasteiger partial charge in [0.15, 0.2) is 0 Å². The highest BCUT2D eigenvalue weighted by Gasteiger charge is 2.32. The van der Waals surface area contributed by atoms with Crippen LogP contribution in [0, 0.1) is 0 Å². The molecule has 1 heterocycles. The van der Waals surface area contributed by atoms with E-state index in [1.165, 1.54) is 12.8 Å². The van der Waals surface area contributed by atoms with Gasteiger partial charge < -0.3 is 20.2 Å². The summed E-state index contributed by atoms with van der Waals surface area (Å²) in [5.41, 5.74) is -0.846. The molecule has 2 rings (SSSR count). The molecule has 2 fully saturated rings. The van der Waals surface area contributed by atoms with Crippen LogP contribution in [0.5, 0.6) is 0 Å². The number of urea groups is 1. The molecule has 0 radical (unpaired) electrons. The van der Waals surface area contributed by atoms with Crippen LogP contribution in [0.15, 0.2) is 0 Å². The zero-order chi connectivity index (χ0) is 14.0. The lowest BCUT2D eigenvalue weighted by Gasteiger charge is -2.34. The van der Waals surface area contributed by atoms with Gasteiger partial charge in [-0.1, -0.05) is 0 Å². The van der Waals surface area contributed by atoms with Crippen molar-refractivity contribution in [1.82, 2.24) is 15.1 Å². The van der Waals surface area contributed by atoms with E-state index in [-0.39, 0.29) is 12.1 Å². The molecule has 5 nitrogen and oxygen atoms in total. The Morgan fingerprint density at radius 3 is 2.37 bits per heavy atom. The topological polar surface area (TPSA) is 55.8 Å². The molecule has 0 atom stereocenters. The molecule has 110 valence electrons. The highest BCUT2D eigenvalue weighted by Crippen LogP contribution is 2.29. The molecule has 0 aromatic heterocycles. The zero-order valence-electron chi connectivity index (χ0n) is 12.4. The lowest BCUT2D eigenvalue weighted by Crippen LogP contribution is -2.51. The molecule has 1 saturated carbocycles. The lowest BCUT2D eigenvalue weighted by molar-refractivity contribution is 0.0522. The molecule has 2 N–H and O–H groups in total. The smallest absolute Gasteiger partial charge is 0.317 e. The van der Waals surface area contributed by atoms with Gasteiger partial charge in [-0.3, -0.25) is 0 Å². The van der Waals surface area contributed by atoms with E-state index in [0.29, 0.717) is 6.54 Å². The fraction of sp³-hybridized carbons (Fsp3) is 0.929. The second kappa shape index (κ2) is 5.67. The predicted octanol–water partition coefficient (Wildman–Crippen LogP) is 1.03. The maximum absolute atomic E-state index is 12.0. The van der Waals surface area contributed by atoms with Crippen LogP contribution >= 0.6 is 0 Å². The number of piperidine rings is 1. The van der Waals surface area contributed by atoms with Crippen molar-refractivity contribution in [3.05, 3.63) is 0 Å². The zero-order valence-corrected chi connectivity index (χ0v) is 12.4. The first-order chi connectivity index (χ1) is 8.85. The van der Waals surface area contributed by atoms with E-state index >= 15 is 0 Å². The van der Waals surface area contributed by atoms with Gasteiger partial charge in [-0.25, -0.2) is 4.79 Å². The van der Waals surface area contributed by atoms with Crippen molar-refractivity contribution >= 4 is 6.03 Å². The Kier molecular flexibility index (Phi) is 4.36. The lowest BCUT2D eigenvalue weighted by atomic mass is 10.1. The van der Waals surface area contributed by atoms with Gasteiger partial charge in [-0.2, -0.15) is 0 Å². The van der Waals surface area contributed by atoms with Crippen molar-refractivity contribution in [2.75, 3.05) is 26.7 Å². The fourth-order valence-electron chi connectivity index (χ4n) is 2.79. The van der Waals surface area contributed by atoms with Crippen LogP contribution in [0.1, 0.15) is 39.5 Å². The summed E-state index contributed by atoms with van der Waals surface area (Å²) in [5, 5.41) is 12.8. The molecule has 5 heteroatoms. The number of likely N-dealkylation sites (tertiary alicyclic amines) is 1. The Bertz CT molecular complexity index is 315. The third-order valence-corrected chi connectivity index (χ3v) is 3.89.